The van der Waals surface area contributed by atoms with Crippen LogP contribution < -0.4 is 0 Å². The van der Waals surface area contributed by atoms with E-state index in [0.717, 1.165) is 17.8 Å². The number of rotatable bonds is 2. The predicted molar refractivity (Wildman–Crippen MR) is 88.1 cm³/mol. The fourth-order valence-corrected chi connectivity index (χ4v) is 6.63. The summed E-state index contributed by atoms with van der Waals surface area (Å²) in [4.78, 5) is 0. The molecule has 0 radical (unpaired) electrons. The molecule has 0 saturated heterocycles. The fraction of sp³-hybridized carbons (Fsp3) is 0.684. The molecule has 0 heterocycles. The van der Waals surface area contributed by atoms with Crippen molar-refractivity contribution in [1.29, 1.82) is 0 Å². The molecule has 1 heteroatoms. The van der Waals surface area contributed by atoms with Crippen LogP contribution in [0.5, 0.6) is 0 Å². The van der Waals surface area contributed by atoms with Crippen LogP contribution in [0, 0.1) is 17.8 Å². The Bertz CT molecular complexity index is 493. The number of halogens is 1. The zero-order valence-corrected chi connectivity index (χ0v) is 14.2. The minimum Gasteiger partial charge on any atom is -0.0586 e. The van der Waals surface area contributed by atoms with Gasteiger partial charge in [0.15, 0.2) is 0 Å². The molecular weight excluding hydrogens is 308 g/mol. The van der Waals surface area contributed by atoms with E-state index in [1.165, 1.54) is 48.6 Å². The third-order valence-corrected chi connectivity index (χ3v) is 6.96. The molecule has 1 aromatic rings. The van der Waals surface area contributed by atoms with Gasteiger partial charge in [-0.15, -0.1) is 0 Å². The second-order valence-corrected chi connectivity index (χ2v) is 8.94. The molecular formula is C19H25Br. The Labute approximate surface area is 131 Å². The molecule has 0 N–H and O–H groups in total. The Morgan fingerprint density at radius 2 is 1.55 bits per heavy atom. The second kappa shape index (κ2) is 4.60. The summed E-state index contributed by atoms with van der Waals surface area (Å²) in [5.74, 6) is 3.70. The lowest BCUT2D eigenvalue weighted by Crippen LogP contribution is -2.48. The van der Waals surface area contributed by atoms with Gasteiger partial charge in [0.05, 0.1) is 0 Å². The summed E-state index contributed by atoms with van der Waals surface area (Å²) < 4.78 is 1.33. The first-order valence-electron chi connectivity index (χ1n) is 8.36. The third-order valence-electron chi connectivity index (χ3n) is 6.27. The van der Waals surface area contributed by atoms with Crippen molar-refractivity contribution in [3.05, 3.63) is 33.8 Å². The average molecular weight is 333 g/mol. The molecule has 4 aliphatic rings. The maximum Gasteiger partial charge on any atom is 0.0212 e. The standard InChI is InChI=1S/C19H25Br/c1-12(2)17-4-3-16(8-18(17)20)19-9-13-5-14(10-19)7-15(6-13)11-19/h3-4,8,12-15H,5-7,9-11H2,1-2H3. The van der Waals surface area contributed by atoms with E-state index in [9.17, 15) is 0 Å². The Kier molecular flexibility index (Phi) is 3.07. The van der Waals surface area contributed by atoms with Gasteiger partial charge in [0, 0.05) is 4.47 Å². The summed E-state index contributed by atoms with van der Waals surface area (Å²) in [5.41, 5.74) is 3.62. The molecule has 4 saturated carbocycles. The second-order valence-electron chi connectivity index (χ2n) is 8.09. The fourth-order valence-electron chi connectivity index (χ4n) is 5.79. The van der Waals surface area contributed by atoms with Gasteiger partial charge in [0.2, 0.25) is 0 Å². The molecule has 1 aromatic carbocycles. The van der Waals surface area contributed by atoms with Gasteiger partial charge >= 0.3 is 0 Å². The summed E-state index contributed by atoms with van der Waals surface area (Å²) in [5, 5.41) is 0. The topological polar surface area (TPSA) is 0 Å². The Hall–Kier alpha value is -0.300. The SMILES string of the molecule is CC(C)c1ccc(C23CC4CC(CC(C4)C2)C3)cc1Br. The van der Waals surface area contributed by atoms with Crippen molar-refractivity contribution in [2.45, 2.75) is 63.7 Å². The van der Waals surface area contributed by atoms with Crippen LogP contribution in [0.4, 0.5) is 0 Å². The summed E-state index contributed by atoms with van der Waals surface area (Å²) in [6.45, 7) is 4.56. The van der Waals surface area contributed by atoms with Crippen LogP contribution in [-0.2, 0) is 5.41 Å². The minimum absolute atomic E-state index is 0.535. The third kappa shape index (κ3) is 2.00. The summed E-state index contributed by atoms with van der Waals surface area (Å²) in [6.07, 6.45) is 8.99. The number of benzene rings is 1. The van der Waals surface area contributed by atoms with E-state index in [1.54, 1.807) is 5.56 Å². The molecule has 0 nitrogen and oxygen atoms in total. The average Bonchev–Trinajstić information content (AvgIpc) is 2.36. The van der Waals surface area contributed by atoms with Gasteiger partial charge in [0.25, 0.3) is 0 Å². The summed E-state index contributed by atoms with van der Waals surface area (Å²) in [6, 6.07) is 7.29. The van der Waals surface area contributed by atoms with Crippen molar-refractivity contribution in [2.24, 2.45) is 17.8 Å². The van der Waals surface area contributed by atoms with Crippen LogP contribution in [0.3, 0.4) is 0 Å². The highest BCUT2D eigenvalue weighted by molar-refractivity contribution is 9.10. The van der Waals surface area contributed by atoms with Crippen molar-refractivity contribution < 1.29 is 0 Å². The number of hydrogen-bond donors (Lipinski definition) is 0. The molecule has 4 fully saturated rings. The zero-order valence-electron chi connectivity index (χ0n) is 12.7. The van der Waals surface area contributed by atoms with E-state index in [0.29, 0.717) is 11.3 Å². The maximum absolute atomic E-state index is 3.83. The molecule has 4 aliphatic carbocycles. The first kappa shape index (κ1) is 13.4. The predicted octanol–water partition coefficient (Wildman–Crippen LogP) is 6.04. The molecule has 0 spiro atoms. The molecule has 0 unspecified atom stereocenters. The van der Waals surface area contributed by atoms with E-state index >= 15 is 0 Å². The highest BCUT2D eigenvalue weighted by Crippen LogP contribution is 2.60. The monoisotopic (exact) mass is 332 g/mol. The first-order valence-corrected chi connectivity index (χ1v) is 9.15. The van der Waals surface area contributed by atoms with E-state index in [1.807, 2.05) is 0 Å². The zero-order chi connectivity index (χ0) is 13.9. The van der Waals surface area contributed by atoms with Gasteiger partial charge in [-0.3, -0.25) is 0 Å². The molecule has 5 rings (SSSR count). The summed E-state index contributed by atoms with van der Waals surface area (Å²) in [7, 11) is 0. The van der Waals surface area contributed by atoms with Crippen LogP contribution >= 0.6 is 15.9 Å². The quantitative estimate of drug-likeness (QED) is 0.619. The highest BCUT2D eigenvalue weighted by atomic mass is 79.9. The molecule has 0 aromatic heterocycles. The van der Waals surface area contributed by atoms with E-state index in [-0.39, 0.29) is 0 Å². The van der Waals surface area contributed by atoms with Gasteiger partial charge in [-0.2, -0.15) is 0 Å². The van der Waals surface area contributed by atoms with Crippen LogP contribution in [-0.4, -0.2) is 0 Å². The van der Waals surface area contributed by atoms with Gasteiger partial charge in [0.1, 0.15) is 0 Å². The van der Waals surface area contributed by atoms with Gasteiger partial charge in [-0.1, -0.05) is 41.9 Å². The Balaban J connectivity index is 1.72. The Morgan fingerprint density at radius 1 is 1.00 bits per heavy atom. The maximum atomic E-state index is 3.83. The van der Waals surface area contributed by atoms with Gasteiger partial charge in [-0.25, -0.2) is 0 Å². The molecule has 0 atom stereocenters. The highest BCUT2D eigenvalue weighted by Gasteiger charge is 2.51. The number of hydrogen-bond acceptors (Lipinski definition) is 0. The van der Waals surface area contributed by atoms with Gasteiger partial charge < -0.3 is 0 Å². The van der Waals surface area contributed by atoms with E-state index in [2.05, 4.69) is 48.0 Å². The summed E-state index contributed by atoms with van der Waals surface area (Å²) >= 11 is 3.83. The smallest absolute Gasteiger partial charge is 0.0212 e. The normalized spacial score (nSPS) is 38.7. The van der Waals surface area contributed by atoms with Crippen molar-refractivity contribution in [3.63, 3.8) is 0 Å². The van der Waals surface area contributed by atoms with Crippen molar-refractivity contribution in [3.8, 4) is 0 Å². The van der Waals surface area contributed by atoms with Crippen LogP contribution in [0.15, 0.2) is 22.7 Å². The lowest BCUT2D eigenvalue weighted by atomic mass is 9.48. The largest absolute Gasteiger partial charge is 0.0586 e. The lowest BCUT2D eigenvalue weighted by molar-refractivity contribution is -0.00522. The van der Waals surface area contributed by atoms with Crippen LogP contribution in [0.2, 0.25) is 0 Å². The molecule has 108 valence electrons. The lowest BCUT2D eigenvalue weighted by Gasteiger charge is -2.57. The molecule has 20 heavy (non-hydrogen) atoms. The molecule has 0 aliphatic heterocycles. The van der Waals surface area contributed by atoms with E-state index in [4.69, 9.17) is 0 Å². The van der Waals surface area contributed by atoms with Crippen LogP contribution in [0.25, 0.3) is 0 Å². The first-order chi connectivity index (χ1) is 9.56. The molecule has 0 amide bonds. The van der Waals surface area contributed by atoms with Crippen LogP contribution in [0.1, 0.15) is 69.4 Å². The van der Waals surface area contributed by atoms with Gasteiger partial charge in [-0.05, 0) is 84.8 Å². The minimum atomic E-state index is 0.535. The van der Waals surface area contributed by atoms with E-state index < -0.39 is 0 Å². The van der Waals surface area contributed by atoms with Crippen molar-refractivity contribution >= 4 is 15.9 Å². The van der Waals surface area contributed by atoms with Crippen molar-refractivity contribution in [1.82, 2.24) is 0 Å². The Morgan fingerprint density at radius 3 is 2.00 bits per heavy atom. The molecule has 4 bridgehead atoms. The van der Waals surface area contributed by atoms with Crippen molar-refractivity contribution in [2.75, 3.05) is 0 Å².